The lowest BCUT2D eigenvalue weighted by Crippen LogP contribution is -2.46. The van der Waals surface area contributed by atoms with Crippen molar-refractivity contribution < 1.29 is 14.3 Å². The number of hydrogen-bond acceptors (Lipinski definition) is 4. The SMILES string of the molecule is CCN(C[C@@H]1CCCN(C(=O)CN)C1)C(=O)OCc1ccccc1. The largest absolute Gasteiger partial charge is 0.445 e. The predicted octanol–water partition coefficient (Wildman–Crippen LogP) is 1.84. The summed E-state index contributed by atoms with van der Waals surface area (Å²) in [5, 5.41) is 0. The van der Waals surface area contributed by atoms with Gasteiger partial charge in [-0.15, -0.1) is 0 Å². The maximum atomic E-state index is 12.3. The lowest BCUT2D eigenvalue weighted by Gasteiger charge is -2.35. The van der Waals surface area contributed by atoms with E-state index in [0.29, 0.717) is 19.6 Å². The van der Waals surface area contributed by atoms with Gasteiger partial charge in [0, 0.05) is 26.2 Å². The molecule has 6 nitrogen and oxygen atoms in total. The molecular weight excluding hydrogens is 306 g/mol. The first-order valence-electron chi connectivity index (χ1n) is 8.57. The van der Waals surface area contributed by atoms with E-state index in [0.717, 1.165) is 24.9 Å². The molecule has 0 spiro atoms. The van der Waals surface area contributed by atoms with Crippen LogP contribution in [0.15, 0.2) is 30.3 Å². The molecule has 1 aromatic rings. The van der Waals surface area contributed by atoms with Crippen molar-refractivity contribution in [2.24, 2.45) is 11.7 Å². The second kappa shape index (κ2) is 9.27. The number of nitrogens with zero attached hydrogens (tertiary/aromatic N) is 2. The van der Waals surface area contributed by atoms with Gasteiger partial charge in [-0.3, -0.25) is 4.79 Å². The van der Waals surface area contributed by atoms with E-state index in [1.807, 2.05) is 37.3 Å². The average molecular weight is 333 g/mol. The Morgan fingerprint density at radius 2 is 2.08 bits per heavy atom. The molecule has 0 saturated carbocycles. The molecule has 1 atom stereocenters. The number of carbonyl (C=O) groups excluding carboxylic acids is 2. The Kier molecular flexibility index (Phi) is 7.06. The van der Waals surface area contributed by atoms with Gasteiger partial charge in [0.05, 0.1) is 6.54 Å². The number of amides is 2. The van der Waals surface area contributed by atoms with Crippen LogP contribution in [0, 0.1) is 5.92 Å². The molecule has 1 saturated heterocycles. The zero-order valence-corrected chi connectivity index (χ0v) is 14.3. The number of rotatable bonds is 6. The fourth-order valence-corrected chi connectivity index (χ4v) is 3.02. The molecule has 0 bridgehead atoms. The van der Waals surface area contributed by atoms with Crippen LogP contribution in [-0.4, -0.2) is 54.5 Å². The Bertz CT molecular complexity index is 536. The first-order chi connectivity index (χ1) is 11.6. The van der Waals surface area contributed by atoms with Gasteiger partial charge >= 0.3 is 6.09 Å². The molecule has 6 heteroatoms. The van der Waals surface area contributed by atoms with Crippen molar-refractivity contribution in [2.75, 3.05) is 32.7 Å². The van der Waals surface area contributed by atoms with Gasteiger partial charge in [-0.05, 0) is 31.2 Å². The zero-order valence-electron chi connectivity index (χ0n) is 14.3. The first-order valence-corrected chi connectivity index (χ1v) is 8.57. The van der Waals surface area contributed by atoms with Crippen molar-refractivity contribution in [1.82, 2.24) is 9.80 Å². The molecule has 24 heavy (non-hydrogen) atoms. The van der Waals surface area contributed by atoms with Crippen LogP contribution in [0.5, 0.6) is 0 Å². The third kappa shape index (κ3) is 5.23. The Morgan fingerprint density at radius 1 is 1.33 bits per heavy atom. The minimum atomic E-state index is -0.302. The maximum Gasteiger partial charge on any atom is 0.410 e. The first kappa shape index (κ1) is 18.3. The summed E-state index contributed by atoms with van der Waals surface area (Å²) in [5.41, 5.74) is 6.41. The Labute approximate surface area is 143 Å². The zero-order chi connectivity index (χ0) is 17.4. The van der Waals surface area contributed by atoms with Crippen LogP contribution in [0.4, 0.5) is 4.79 Å². The molecule has 132 valence electrons. The molecule has 0 aromatic heterocycles. The summed E-state index contributed by atoms with van der Waals surface area (Å²) in [4.78, 5) is 27.6. The van der Waals surface area contributed by atoms with Gasteiger partial charge in [0.15, 0.2) is 0 Å². The van der Waals surface area contributed by atoms with Gasteiger partial charge in [0.25, 0.3) is 0 Å². The lowest BCUT2D eigenvalue weighted by atomic mass is 9.97. The summed E-state index contributed by atoms with van der Waals surface area (Å²) in [6.45, 7) is 4.89. The Balaban J connectivity index is 1.84. The molecule has 0 aliphatic carbocycles. The minimum Gasteiger partial charge on any atom is -0.445 e. The highest BCUT2D eigenvalue weighted by molar-refractivity contribution is 5.78. The third-order valence-electron chi connectivity index (χ3n) is 4.37. The van der Waals surface area contributed by atoms with Crippen LogP contribution in [0.3, 0.4) is 0 Å². The van der Waals surface area contributed by atoms with Crippen LogP contribution < -0.4 is 5.73 Å². The van der Waals surface area contributed by atoms with Gasteiger partial charge in [0.2, 0.25) is 5.91 Å². The highest BCUT2D eigenvalue weighted by atomic mass is 16.6. The standard InChI is InChI=1S/C18H27N3O3/c1-2-20(18(23)24-14-15-7-4-3-5-8-15)12-16-9-6-10-21(13-16)17(22)11-19/h3-5,7-8,16H,2,6,9-14,19H2,1H3/t16-/m0/s1. The fraction of sp³-hybridized carbons (Fsp3) is 0.556. The van der Waals surface area contributed by atoms with Crippen LogP contribution in [0.2, 0.25) is 0 Å². The molecule has 1 heterocycles. The van der Waals surface area contributed by atoms with E-state index in [1.54, 1.807) is 9.80 Å². The summed E-state index contributed by atoms with van der Waals surface area (Å²) in [6, 6.07) is 9.64. The number of piperidine rings is 1. The number of nitrogens with two attached hydrogens (primary N) is 1. The van der Waals surface area contributed by atoms with E-state index in [-0.39, 0.29) is 31.1 Å². The van der Waals surface area contributed by atoms with Crippen molar-refractivity contribution in [1.29, 1.82) is 0 Å². The smallest absolute Gasteiger partial charge is 0.410 e. The molecule has 1 aliphatic heterocycles. The lowest BCUT2D eigenvalue weighted by molar-refractivity contribution is -0.131. The van der Waals surface area contributed by atoms with Crippen molar-refractivity contribution in [3.05, 3.63) is 35.9 Å². The highest BCUT2D eigenvalue weighted by Crippen LogP contribution is 2.18. The summed E-state index contributed by atoms with van der Waals surface area (Å²) < 4.78 is 5.40. The fourth-order valence-electron chi connectivity index (χ4n) is 3.02. The van der Waals surface area contributed by atoms with Gasteiger partial charge in [-0.25, -0.2) is 4.79 Å². The van der Waals surface area contributed by atoms with E-state index in [4.69, 9.17) is 10.5 Å². The number of hydrogen-bond donors (Lipinski definition) is 1. The molecule has 2 N–H and O–H groups in total. The van der Waals surface area contributed by atoms with Crippen molar-refractivity contribution in [3.63, 3.8) is 0 Å². The molecule has 2 amide bonds. The molecule has 1 fully saturated rings. The predicted molar refractivity (Wildman–Crippen MR) is 92.2 cm³/mol. The number of carbonyl (C=O) groups is 2. The van der Waals surface area contributed by atoms with Crippen LogP contribution in [-0.2, 0) is 16.1 Å². The quantitative estimate of drug-likeness (QED) is 0.862. The normalized spacial score (nSPS) is 17.4. The van der Waals surface area contributed by atoms with Gasteiger partial charge in [-0.1, -0.05) is 30.3 Å². The monoisotopic (exact) mass is 333 g/mol. The van der Waals surface area contributed by atoms with E-state index in [1.165, 1.54) is 0 Å². The van der Waals surface area contributed by atoms with Gasteiger partial charge < -0.3 is 20.3 Å². The molecule has 1 aromatic carbocycles. The number of likely N-dealkylation sites (tertiary alicyclic amines) is 1. The molecule has 0 unspecified atom stereocenters. The number of ether oxygens (including phenoxy) is 1. The molecule has 0 radical (unpaired) electrons. The average Bonchev–Trinajstić information content (AvgIpc) is 2.64. The molecule has 1 aliphatic rings. The van der Waals surface area contributed by atoms with Gasteiger partial charge in [0.1, 0.15) is 6.61 Å². The van der Waals surface area contributed by atoms with Crippen molar-refractivity contribution >= 4 is 12.0 Å². The van der Waals surface area contributed by atoms with Crippen LogP contribution in [0.1, 0.15) is 25.3 Å². The van der Waals surface area contributed by atoms with E-state index < -0.39 is 0 Å². The third-order valence-corrected chi connectivity index (χ3v) is 4.37. The molecular formula is C18H27N3O3. The topological polar surface area (TPSA) is 75.9 Å². The van der Waals surface area contributed by atoms with E-state index in [2.05, 4.69) is 0 Å². The summed E-state index contributed by atoms with van der Waals surface area (Å²) in [6.07, 6.45) is 1.66. The van der Waals surface area contributed by atoms with Crippen LogP contribution >= 0.6 is 0 Å². The van der Waals surface area contributed by atoms with Gasteiger partial charge in [-0.2, -0.15) is 0 Å². The summed E-state index contributed by atoms with van der Waals surface area (Å²) in [7, 11) is 0. The number of benzene rings is 1. The van der Waals surface area contributed by atoms with Crippen molar-refractivity contribution in [3.8, 4) is 0 Å². The Hall–Kier alpha value is -2.08. The molecule has 2 rings (SSSR count). The highest BCUT2D eigenvalue weighted by Gasteiger charge is 2.26. The van der Waals surface area contributed by atoms with E-state index >= 15 is 0 Å². The van der Waals surface area contributed by atoms with E-state index in [9.17, 15) is 9.59 Å². The second-order valence-corrected chi connectivity index (χ2v) is 6.13. The maximum absolute atomic E-state index is 12.3. The second-order valence-electron chi connectivity index (χ2n) is 6.13. The minimum absolute atomic E-state index is 0.0191. The summed E-state index contributed by atoms with van der Waals surface area (Å²) in [5.74, 6) is 0.257. The summed E-state index contributed by atoms with van der Waals surface area (Å²) >= 11 is 0. The Morgan fingerprint density at radius 3 is 2.75 bits per heavy atom. The van der Waals surface area contributed by atoms with Crippen LogP contribution in [0.25, 0.3) is 0 Å². The van der Waals surface area contributed by atoms with Crippen molar-refractivity contribution in [2.45, 2.75) is 26.4 Å².